The molecule has 1 aromatic carbocycles. The number of hydroxylamine groups is 1. The van der Waals surface area contributed by atoms with E-state index < -0.39 is 5.97 Å². The van der Waals surface area contributed by atoms with Gasteiger partial charge in [-0.1, -0.05) is 41.2 Å². The van der Waals surface area contributed by atoms with Crippen molar-refractivity contribution in [1.82, 2.24) is 25.7 Å². The smallest absolute Gasteiger partial charge is 0.311 e. The molecule has 2 aliphatic heterocycles. The molecule has 228 valence electrons. The number of nitrogens with zero attached hydrogens (tertiary/aromatic N) is 6. The molecular formula is C31H46N8O3. The highest BCUT2D eigenvalue weighted by Crippen LogP contribution is 2.45. The molecule has 0 bridgehead atoms. The minimum Gasteiger partial charge on any atom is -0.481 e. The van der Waals surface area contributed by atoms with Crippen LogP contribution in [0.15, 0.2) is 34.6 Å². The van der Waals surface area contributed by atoms with Crippen LogP contribution < -0.4 is 15.7 Å². The average molecular weight is 579 g/mol. The first-order valence-electron chi connectivity index (χ1n) is 14.6. The Kier molecular flexibility index (Phi) is 8.94. The largest absolute Gasteiger partial charge is 0.481 e. The average Bonchev–Trinajstić information content (AvgIpc) is 3.43. The number of hydrogen-bond acceptors (Lipinski definition) is 9. The number of aryl methyl sites for hydroxylation is 1. The molecule has 0 saturated heterocycles. The molecule has 42 heavy (non-hydrogen) atoms. The quantitative estimate of drug-likeness (QED) is 0.254. The van der Waals surface area contributed by atoms with E-state index in [4.69, 9.17) is 25.0 Å². The van der Waals surface area contributed by atoms with E-state index >= 15 is 0 Å². The summed E-state index contributed by atoms with van der Waals surface area (Å²) in [6.45, 7) is 23.2. The number of carbonyl (C=O) groups is 1. The van der Waals surface area contributed by atoms with E-state index in [0.717, 1.165) is 42.2 Å². The second kappa shape index (κ2) is 12.0. The standard InChI is InChI=1S/C31H46N8O3/c1-18-13-24-22(19(2)16-31(8,9)38(24)12-11-32-10)15-23(18)34-26-27(30(5,6)7)36-39-29(26)35-28(37-39)20(3)17-33-42-21(4)14-25(40)41/h13,15,19-20,32-33H,4,11-12,14,16-17H2,1-3,5-10H3,(H,40,41). The molecule has 11 heteroatoms. The van der Waals surface area contributed by atoms with Crippen LogP contribution in [0.3, 0.4) is 0 Å². The number of aromatic nitrogens is 3. The Hall–Kier alpha value is -3.57. The van der Waals surface area contributed by atoms with Crippen molar-refractivity contribution < 1.29 is 14.7 Å². The maximum atomic E-state index is 10.8. The van der Waals surface area contributed by atoms with Crippen molar-refractivity contribution in [1.29, 1.82) is 0 Å². The summed E-state index contributed by atoms with van der Waals surface area (Å²) in [5.74, 6) is 0.602. The van der Waals surface area contributed by atoms with Gasteiger partial charge in [0, 0.05) is 42.2 Å². The summed E-state index contributed by atoms with van der Waals surface area (Å²) in [4.78, 5) is 30.3. The third kappa shape index (κ3) is 6.57. The van der Waals surface area contributed by atoms with Gasteiger partial charge < -0.3 is 20.2 Å². The lowest BCUT2D eigenvalue weighted by atomic mass is 9.79. The fourth-order valence-corrected chi connectivity index (χ4v) is 5.68. The van der Waals surface area contributed by atoms with E-state index in [0.29, 0.717) is 24.1 Å². The van der Waals surface area contributed by atoms with Gasteiger partial charge in [0.1, 0.15) is 17.9 Å². The number of aliphatic imine (C=N–C) groups is 1. The van der Waals surface area contributed by atoms with E-state index in [2.05, 4.69) is 88.0 Å². The van der Waals surface area contributed by atoms with Crippen LogP contribution in [0.25, 0.3) is 0 Å². The molecule has 2 aromatic rings. The molecule has 4 rings (SSSR count). The monoisotopic (exact) mass is 578 g/mol. The lowest BCUT2D eigenvalue weighted by Gasteiger charge is -2.48. The van der Waals surface area contributed by atoms with Gasteiger partial charge >= 0.3 is 5.97 Å². The second-order valence-electron chi connectivity index (χ2n) is 13.2. The highest BCUT2D eigenvalue weighted by Gasteiger charge is 2.38. The predicted octanol–water partition coefficient (Wildman–Crippen LogP) is 4.90. The zero-order chi connectivity index (χ0) is 31.0. The molecule has 3 heterocycles. The van der Waals surface area contributed by atoms with Gasteiger partial charge in [0.15, 0.2) is 5.82 Å². The second-order valence-corrected chi connectivity index (χ2v) is 13.2. The lowest BCUT2D eigenvalue weighted by molar-refractivity contribution is -0.137. The number of carboxylic acid groups (broad SMARTS) is 1. The van der Waals surface area contributed by atoms with E-state index in [1.54, 1.807) is 4.79 Å². The van der Waals surface area contributed by atoms with Crippen molar-refractivity contribution in [3.8, 4) is 0 Å². The molecule has 2 atom stereocenters. The van der Waals surface area contributed by atoms with Crippen LogP contribution in [0, 0.1) is 12.3 Å². The van der Waals surface area contributed by atoms with Crippen LogP contribution in [-0.4, -0.2) is 69.6 Å². The molecule has 2 unspecified atom stereocenters. The van der Waals surface area contributed by atoms with Crippen LogP contribution in [0.5, 0.6) is 0 Å². The van der Waals surface area contributed by atoms with Gasteiger partial charge in [-0.2, -0.15) is 10.6 Å². The molecule has 1 aromatic heterocycles. The zero-order valence-electron chi connectivity index (χ0n) is 26.5. The van der Waals surface area contributed by atoms with Crippen LogP contribution >= 0.6 is 0 Å². The Bertz CT molecular complexity index is 1420. The first kappa shape index (κ1) is 31.4. The van der Waals surface area contributed by atoms with Gasteiger partial charge in [-0.05, 0) is 63.4 Å². The normalized spacial score (nSPS) is 19.4. The number of anilines is 1. The number of carboxylic acids is 1. The first-order valence-corrected chi connectivity index (χ1v) is 14.6. The third-order valence-corrected chi connectivity index (χ3v) is 7.86. The van der Waals surface area contributed by atoms with Crippen molar-refractivity contribution in [2.24, 2.45) is 15.5 Å². The molecule has 11 nitrogen and oxygen atoms in total. The number of aliphatic carboxylic acids is 1. The topological polar surface area (TPSA) is 129 Å². The van der Waals surface area contributed by atoms with E-state index in [9.17, 15) is 4.79 Å². The molecule has 2 aliphatic rings. The van der Waals surface area contributed by atoms with Crippen molar-refractivity contribution in [2.45, 2.75) is 85.6 Å². The summed E-state index contributed by atoms with van der Waals surface area (Å²) in [5, 5.41) is 21.7. The zero-order valence-corrected chi connectivity index (χ0v) is 26.5. The molecule has 0 spiro atoms. The van der Waals surface area contributed by atoms with Gasteiger partial charge in [-0.3, -0.25) is 4.79 Å². The van der Waals surface area contributed by atoms with Crippen molar-refractivity contribution in [2.75, 3.05) is 31.6 Å². The highest BCUT2D eigenvalue weighted by atomic mass is 16.6. The van der Waals surface area contributed by atoms with Crippen LogP contribution in [-0.2, 0) is 9.63 Å². The van der Waals surface area contributed by atoms with Crippen LogP contribution in [0.4, 0.5) is 11.4 Å². The Balaban J connectivity index is 1.67. The fourth-order valence-electron chi connectivity index (χ4n) is 5.68. The summed E-state index contributed by atoms with van der Waals surface area (Å²) in [5.41, 5.74) is 8.75. The third-order valence-electron chi connectivity index (χ3n) is 7.86. The SMILES string of the molecule is C=C(CC(=O)O)ONCC(C)c1nc2n(n1)N=C(C(C)(C)C)C2=Nc1cc2c(cc1C)N(CCNC)C(C)(C)CC2C. The highest BCUT2D eigenvalue weighted by molar-refractivity contribution is 6.50. The predicted molar refractivity (Wildman–Crippen MR) is 167 cm³/mol. The summed E-state index contributed by atoms with van der Waals surface area (Å²) in [7, 11) is 2.00. The maximum absolute atomic E-state index is 10.8. The van der Waals surface area contributed by atoms with Gasteiger partial charge in [0.2, 0.25) is 5.82 Å². The number of nitrogens with one attached hydrogen (secondary N) is 2. The minimum absolute atomic E-state index is 0.0630. The van der Waals surface area contributed by atoms with E-state index in [1.165, 1.54) is 11.3 Å². The Labute approximate surface area is 249 Å². The van der Waals surface area contributed by atoms with Crippen LogP contribution in [0.2, 0.25) is 0 Å². The number of likely N-dealkylation sites (N-methyl/N-ethyl adjacent to an activating group) is 1. The first-order chi connectivity index (χ1) is 19.6. The molecule has 0 fully saturated rings. The number of fused-ring (bicyclic) bond motifs is 2. The number of rotatable bonds is 11. The van der Waals surface area contributed by atoms with Crippen LogP contribution in [0.1, 0.15) is 95.9 Å². The molecule has 3 N–H and O–H groups in total. The maximum Gasteiger partial charge on any atom is 0.311 e. The molecular weight excluding hydrogens is 532 g/mol. The van der Waals surface area contributed by atoms with Gasteiger partial charge in [-0.15, -0.1) is 9.89 Å². The van der Waals surface area contributed by atoms with Gasteiger partial charge in [0.05, 0.1) is 11.4 Å². The van der Waals surface area contributed by atoms with Crippen molar-refractivity contribution in [3.05, 3.63) is 47.2 Å². The minimum atomic E-state index is -1.00. The molecule has 0 aliphatic carbocycles. The fraction of sp³-hybridized carbons (Fsp3) is 0.581. The van der Waals surface area contributed by atoms with Crippen molar-refractivity contribution in [3.63, 3.8) is 0 Å². The molecule has 0 saturated carbocycles. The summed E-state index contributed by atoms with van der Waals surface area (Å²) >= 11 is 0. The van der Waals surface area contributed by atoms with Gasteiger partial charge in [-0.25, -0.2) is 9.98 Å². The molecule has 0 amide bonds. The number of benzene rings is 1. The Morgan fingerprint density at radius 1 is 1.33 bits per heavy atom. The van der Waals surface area contributed by atoms with E-state index in [1.807, 2.05) is 14.0 Å². The van der Waals surface area contributed by atoms with Gasteiger partial charge in [0.25, 0.3) is 0 Å². The summed E-state index contributed by atoms with van der Waals surface area (Å²) in [6, 6.07) is 4.53. The summed E-state index contributed by atoms with van der Waals surface area (Å²) in [6.07, 6.45) is 0.795. The Morgan fingerprint density at radius 3 is 2.69 bits per heavy atom. The molecule has 0 radical (unpaired) electrons. The lowest BCUT2D eigenvalue weighted by Crippen LogP contribution is -2.50. The van der Waals surface area contributed by atoms with Crippen molar-refractivity contribution >= 4 is 28.8 Å². The number of hydrogen-bond donors (Lipinski definition) is 3. The van der Waals surface area contributed by atoms with E-state index in [-0.39, 0.29) is 29.1 Å². The Morgan fingerprint density at radius 2 is 2.05 bits per heavy atom. The summed E-state index contributed by atoms with van der Waals surface area (Å²) < 4.78 is 0.